The number of amides is 1. The largest absolute Gasteiger partial charge is 0.385 e. The summed E-state index contributed by atoms with van der Waals surface area (Å²) >= 11 is 0. The number of hydrogen-bond acceptors (Lipinski definition) is 4. The first-order valence-corrected chi connectivity index (χ1v) is 6.60. The second-order valence-electron chi connectivity index (χ2n) is 4.81. The van der Waals surface area contributed by atoms with Crippen molar-refractivity contribution in [3.63, 3.8) is 0 Å². The summed E-state index contributed by atoms with van der Waals surface area (Å²) in [5, 5.41) is 6.09. The highest BCUT2D eigenvalue weighted by Crippen LogP contribution is 2.08. The van der Waals surface area contributed by atoms with E-state index < -0.39 is 0 Å². The quantitative estimate of drug-likeness (QED) is 0.705. The molecule has 1 rings (SSSR count). The number of rotatable bonds is 8. The van der Waals surface area contributed by atoms with Gasteiger partial charge in [0.15, 0.2) is 0 Å². The van der Waals surface area contributed by atoms with Crippen molar-refractivity contribution in [2.45, 2.75) is 20.3 Å². The Hall–Kier alpha value is -1.62. The van der Waals surface area contributed by atoms with Crippen LogP contribution < -0.4 is 10.6 Å². The van der Waals surface area contributed by atoms with Gasteiger partial charge in [-0.25, -0.2) is 0 Å². The van der Waals surface area contributed by atoms with Crippen LogP contribution in [0, 0.1) is 5.92 Å². The molecule has 106 valence electrons. The first-order chi connectivity index (χ1) is 9.13. The molecule has 5 nitrogen and oxygen atoms in total. The van der Waals surface area contributed by atoms with Crippen molar-refractivity contribution in [1.82, 2.24) is 10.3 Å². The van der Waals surface area contributed by atoms with Crippen LogP contribution in [0.4, 0.5) is 5.69 Å². The Morgan fingerprint density at radius 1 is 1.47 bits per heavy atom. The van der Waals surface area contributed by atoms with E-state index in [9.17, 15) is 4.79 Å². The second-order valence-corrected chi connectivity index (χ2v) is 4.81. The van der Waals surface area contributed by atoms with Crippen LogP contribution in [-0.2, 0) is 4.74 Å². The first-order valence-electron chi connectivity index (χ1n) is 6.60. The van der Waals surface area contributed by atoms with Crippen LogP contribution in [-0.4, -0.2) is 37.7 Å². The summed E-state index contributed by atoms with van der Waals surface area (Å²) in [7, 11) is 1.65. The highest BCUT2D eigenvalue weighted by molar-refractivity contribution is 5.93. The van der Waals surface area contributed by atoms with E-state index in [1.807, 2.05) is 6.07 Å². The fraction of sp³-hybridized carbons (Fsp3) is 0.571. The van der Waals surface area contributed by atoms with Gasteiger partial charge in [0.25, 0.3) is 5.91 Å². The molecule has 0 saturated heterocycles. The zero-order valence-electron chi connectivity index (χ0n) is 11.9. The van der Waals surface area contributed by atoms with Gasteiger partial charge >= 0.3 is 0 Å². The summed E-state index contributed by atoms with van der Waals surface area (Å²) in [6.07, 6.45) is 2.44. The second kappa shape index (κ2) is 8.48. The van der Waals surface area contributed by atoms with Crippen molar-refractivity contribution >= 4 is 11.6 Å². The highest BCUT2D eigenvalue weighted by atomic mass is 16.5. The minimum absolute atomic E-state index is 0.149. The Kier molecular flexibility index (Phi) is 6.89. The average Bonchev–Trinajstić information content (AvgIpc) is 2.41. The molecular formula is C14H23N3O2. The molecule has 1 heterocycles. The summed E-state index contributed by atoms with van der Waals surface area (Å²) < 4.78 is 4.93. The van der Waals surface area contributed by atoms with Gasteiger partial charge < -0.3 is 15.4 Å². The number of methoxy groups -OCH3 is 1. The van der Waals surface area contributed by atoms with Crippen LogP contribution in [0.15, 0.2) is 18.3 Å². The Balaban J connectivity index is 2.48. The maximum Gasteiger partial charge on any atom is 0.269 e. The molecule has 0 aliphatic rings. The van der Waals surface area contributed by atoms with Gasteiger partial charge in [-0.15, -0.1) is 0 Å². The lowest BCUT2D eigenvalue weighted by atomic mass is 10.2. The van der Waals surface area contributed by atoms with Gasteiger partial charge in [0.05, 0.1) is 0 Å². The predicted molar refractivity (Wildman–Crippen MR) is 76.4 cm³/mol. The van der Waals surface area contributed by atoms with Crippen LogP contribution in [0.2, 0.25) is 0 Å². The lowest BCUT2D eigenvalue weighted by Gasteiger charge is -2.10. The van der Waals surface area contributed by atoms with Crippen molar-refractivity contribution in [2.24, 2.45) is 5.92 Å². The molecule has 0 aliphatic carbocycles. The van der Waals surface area contributed by atoms with Gasteiger partial charge in [-0.05, 0) is 24.5 Å². The lowest BCUT2D eigenvalue weighted by molar-refractivity contribution is 0.0943. The molecule has 1 aromatic rings. The molecule has 0 spiro atoms. The van der Waals surface area contributed by atoms with Crippen LogP contribution in [0.25, 0.3) is 0 Å². The van der Waals surface area contributed by atoms with Crippen molar-refractivity contribution in [1.29, 1.82) is 0 Å². The molecule has 0 bridgehead atoms. The third-order valence-corrected chi connectivity index (χ3v) is 2.52. The maximum atomic E-state index is 11.9. The molecule has 2 N–H and O–H groups in total. The van der Waals surface area contributed by atoms with Gasteiger partial charge in [-0.3, -0.25) is 9.78 Å². The Morgan fingerprint density at radius 2 is 2.26 bits per heavy atom. The van der Waals surface area contributed by atoms with Gasteiger partial charge in [-0.2, -0.15) is 0 Å². The van der Waals surface area contributed by atoms with Gasteiger partial charge in [0.1, 0.15) is 5.69 Å². The summed E-state index contributed by atoms with van der Waals surface area (Å²) in [6.45, 7) is 6.38. The molecule has 0 aromatic carbocycles. The van der Waals surface area contributed by atoms with E-state index in [-0.39, 0.29) is 5.91 Å². The van der Waals surface area contributed by atoms with Crippen molar-refractivity contribution < 1.29 is 9.53 Å². The van der Waals surface area contributed by atoms with Gasteiger partial charge in [0.2, 0.25) is 0 Å². The van der Waals surface area contributed by atoms with E-state index in [0.717, 1.165) is 18.7 Å². The minimum Gasteiger partial charge on any atom is -0.385 e. The summed E-state index contributed by atoms with van der Waals surface area (Å²) in [6, 6.07) is 3.64. The van der Waals surface area contributed by atoms with Crippen LogP contribution >= 0.6 is 0 Å². The monoisotopic (exact) mass is 265 g/mol. The molecule has 5 heteroatoms. The number of anilines is 1. The van der Waals surface area contributed by atoms with E-state index in [1.165, 1.54) is 0 Å². The number of ether oxygens (including phenoxy) is 1. The van der Waals surface area contributed by atoms with Gasteiger partial charge in [0, 0.05) is 38.7 Å². The number of pyridine rings is 1. The van der Waals surface area contributed by atoms with Crippen LogP contribution in [0.3, 0.4) is 0 Å². The van der Waals surface area contributed by atoms with E-state index in [0.29, 0.717) is 24.8 Å². The van der Waals surface area contributed by atoms with Crippen molar-refractivity contribution in [3.8, 4) is 0 Å². The number of carbonyl (C=O) groups is 1. The first kappa shape index (κ1) is 15.4. The summed E-state index contributed by atoms with van der Waals surface area (Å²) in [5.74, 6) is 0.406. The Bertz CT molecular complexity index is 394. The SMILES string of the molecule is COCCCNC(=O)c1cc(NCC(C)C)ccn1. The van der Waals surface area contributed by atoms with Crippen LogP contribution in [0.1, 0.15) is 30.8 Å². The average molecular weight is 265 g/mol. The summed E-state index contributed by atoms with van der Waals surface area (Å²) in [4.78, 5) is 15.9. The molecule has 0 radical (unpaired) electrons. The fourth-order valence-electron chi connectivity index (χ4n) is 1.50. The molecule has 0 saturated carbocycles. The topological polar surface area (TPSA) is 63.2 Å². The van der Waals surface area contributed by atoms with E-state index in [4.69, 9.17) is 4.74 Å². The smallest absolute Gasteiger partial charge is 0.269 e. The van der Waals surface area contributed by atoms with Crippen molar-refractivity contribution in [3.05, 3.63) is 24.0 Å². The molecule has 0 atom stereocenters. The fourth-order valence-corrected chi connectivity index (χ4v) is 1.50. The number of hydrogen-bond donors (Lipinski definition) is 2. The Labute approximate surface area is 114 Å². The standard InChI is InChI=1S/C14H23N3O2/c1-11(2)10-17-12-5-7-15-13(9-12)14(18)16-6-4-8-19-3/h5,7,9,11H,4,6,8,10H2,1-3H3,(H,15,17)(H,16,18). The lowest BCUT2D eigenvalue weighted by Crippen LogP contribution is -2.26. The molecular weight excluding hydrogens is 242 g/mol. The van der Waals surface area contributed by atoms with Gasteiger partial charge in [-0.1, -0.05) is 13.8 Å². The highest BCUT2D eigenvalue weighted by Gasteiger charge is 2.07. The van der Waals surface area contributed by atoms with E-state index in [2.05, 4.69) is 29.5 Å². The molecule has 19 heavy (non-hydrogen) atoms. The van der Waals surface area contributed by atoms with Crippen LogP contribution in [0.5, 0.6) is 0 Å². The van der Waals surface area contributed by atoms with E-state index >= 15 is 0 Å². The molecule has 1 amide bonds. The minimum atomic E-state index is -0.149. The predicted octanol–water partition coefficient (Wildman–Crippen LogP) is 1.92. The number of nitrogens with one attached hydrogen (secondary N) is 2. The zero-order valence-corrected chi connectivity index (χ0v) is 11.9. The van der Waals surface area contributed by atoms with Crippen molar-refractivity contribution in [2.75, 3.05) is 32.1 Å². The normalized spacial score (nSPS) is 10.5. The molecule has 0 unspecified atom stereocenters. The molecule has 1 aromatic heterocycles. The number of carbonyl (C=O) groups excluding carboxylic acids is 1. The molecule has 0 fully saturated rings. The number of aromatic nitrogens is 1. The molecule has 0 aliphatic heterocycles. The summed E-state index contributed by atoms with van der Waals surface area (Å²) in [5.41, 5.74) is 1.36. The Morgan fingerprint density at radius 3 is 2.95 bits per heavy atom. The third kappa shape index (κ3) is 6.20. The number of nitrogens with zero attached hydrogens (tertiary/aromatic N) is 1. The zero-order chi connectivity index (χ0) is 14.1. The maximum absolute atomic E-state index is 11.9. The van der Waals surface area contributed by atoms with E-state index in [1.54, 1.807) is 19.4 Å². The third-order valence-electron chi connectivity index (χ3n) is 2.52.